The number of ether oxygens (including phenoxy) is 1. The Kier molecular flexibility index (Phi) is 5.29. The molecule has 0 aliphatic carbocycles. The van der Waals surface area contributed by atoms with Gasteiger partial charge in [0, 0.05) is 11.8 Å². The quantitative estimate of drug-likeness (QED) is 0.390. The zero-order valence-electron chi connectivity index (χ0n) is 17.5. The number of aliphatic hydroxyl groups excluding tert-OH is 1. The second-order valence-corrected chi connectivity index (χ2v) is 7.45. The van der Waals surface area contributed by atoms with Gasteiger partial charge < -0.3 is 9.84 Å². The maximum absolute atomic E-state index is 13.1. The molecule has 0 saturated carbocycles. The second-order valence-electron chi connectivity index (χ2n) is 7.45. The lowest BCUT2D eigenvalue weighted by molar-refractivity contribution is -0.132. The zero-order valence-corrected chi connectivity index (χ0v) is 17.5. The SMILES string of the molecule is COc1ccc(C2C(=C(O)c3cc(C)ccc3C)C(=O)C(=O)N2c2ccccn2)cc1. The minimum Gasteiger partial charge on any atom is -0.507 e. The summed E-state index contributed by atoms with van der Waals surface area (Å²) in [5, 5.41) is 11.2. The largest absolute Gasteiger partial charge is 0.507 e. The Labute approximate surface area is 180 Å². The number of benzene rings is 2. The van der Waals surface area contributed by atoms with Crippen molar-refractivity contribution in [3.05, 3.63) is 94.7 Å². The predicted molar refractivity (Wildman–Crippen MR) is 118 cm³/mol. The van der Waals surface area contributed by atoms with Crippen LogP contribution in [0.5, 0.6) is 5.75 Å². The lowest BCUT2D eigenvalue weighted by atomic mass is 9.93. The van der Waals surface area contributed by atoms with Gasteiger partial charge in [-0.15, -0.1) is 0 Å². The van der Waals surface area contributed by atoms with Gasteiger partial charge in [0.15, 0.2) is 0 Å². The average molecular weight is 414 g/mol. The first-order valence-electron chi connectivity index (χ1n) is 9.86. The van der Waals surface area contributed by atoms with Crippen LogP contribution in [-0.2, 0) is 9.59 Å². The van der Waals surface area contributed by atoms with Crippen molar-refractivity contribution in [2.24, 2.45) is 0 Å². The van der Waals surface area contributed by atoms with Gasteiger partial charge in [0.05, 0.1) is 18.7 Å². The summed E-state index contributed by atoms with van der Waals surface area (Å²) in [4.78, 5) is 31.8. The van der Waals surface area contributed by atoms with Crippen LogP contribution < -0.4 is 9.64 Å². The lowest BCUT2D eigenvalue weighted by Gasteiger charge is -2.24. The second kappa shape index (κ2) is 8.07. The van der Waals surface area contributed by atoms with Gasteiger partial charge in [-0.05, 0) is 55.3 Å². The molecule has 1 aliphatic heterocycles. The number of hydrogen-bond donors (Lipinski definition) is 1. The van der Waals surface area contributed by atoms with Crippen LogP contribution in [0.2, 0.25) is 0 Å². The Morgan fingerprint density at radius 1 is 1.03 bits per heavy atom. The van der Waals surface area contributed by atoms with E-state index >= 15 is 0 Å². The molecule has 1 saturated heterocycles. The normalized spacial score (nSPS) is 17.8. The topological polar surface area (TPSA) is 79.7 Å². The number of Topliss-reactive ketones (excluding diaryl/α,β-unsaturated/α-hetero) is 1. The van der Waals surface area contributed by atoms with Crippen molar-refractivity contribution in [3.8, 4) is 5.75 Å². The van der Waals surface area contributed by atoms with Crippen molar-refractivity contribution in [3.63, 3.8) is 0 Å². The van der Waals surface area contributed by atoms with Crippen molar-refractivity contribution < 1.29 is 19.4 Å². The van der Waals surface area contributed by atoms with E-state index in [1.54, 1.807) is 55.8 Å². The summed E-state index contributed by atoms with van der Waals surface area (Å²) >= 11 is 0. The maximum Gasteiger partial charge on any atom is 0.301 e. The molecule has 6 nitrogen and oxygen atoms in total. The fourth-order valence-corrected chi connectivity index (χ4v) is 3.80. The number of aryl methyl sites for hydroxylation is 2. The Morgan fingerprint density at radius 2 is 1.77 bits per heavy atom. The molecule has 1 unspecified atom stereocenters. The first-order chi connectivity index (χ1) is 14.9. The molecule has 1 fully saturated rings. The van der Waals surface area contributed by atoms with Crippen LogP contribution in [0, 0.1) is 13.8 Å². The number of carbonyl (C=O) groups is 2. The van der Waals surface area contributed by atoms with E-state index in [9.17, 15) is 14.7 Å². The number of aromatic nitrogens is 1. The Morgan fingerprint density at radius 3 is 2.42 bits per heavy atom. The maximum atomic E-state index is 13.1. The van der Waals surface area contributed by atoms with Gasteiger partial charge in [-0.1, -0.05) is 35.9 Å². The van der Waals surface area contributed by atoms with E-state index < -0.39 is 17.7 Å². The molecule has 1 aromatic heterocycles. The van der Waals surface area contributed by atoms with Gasteiger partial charge in [0.1, 0.15) is 17.3 Å². The zero-order chi connectivity index (χ0) is 22.1. The minimum atomic E-state index is -0.819. The van der Waals surface area contributed by atoms with E-state index in [1.807, 2.05) is 32.0 Å². The summed E-state index contributed by atoms with van der Waals surface area (Å²) in [6.07, 6.45) is 1.56. The molecule has 6 heteroatoms. The van der Waals surface area contributed by atoms with Crippen molar-refractivity contribution in [2.45, 2.75) is 19.9 Å². The number of aliphatic hydroxyl groups is 1. The van der Waals surface area contributed by atoms with Crippen LogP contribution in [-0.4, -0.2) is 28.9 Å². The smallest absolute Gasteiger partial charge is 0.301 e. The minimum absolute atomic E-state index is 0.0366. The molecular weight excluding hydrogens is 392 g/mol. The van der Waals surface area contributed by atoms with E-state index in [4.69, 9.17) is 4.74 Å². The average Bonchev–Trinajstić information content (AvgIpc) is 3.06. The van der Waals surface area contributed by atoms with Crippen molar-refractivity contribution in [2.75, 3.05) is 12.0 Å². The van der Waals surface area contributed by atoms with Gasteiger partial charge in [0.2, 0.25) is 0 Å². The fraction of sp³-hybridized carbons (Fsp3) is 0.160. The molecule has 1 N–H and O–H groups in total. The van der Waals surface area contributed by atoms with Crippen LogP contribution >= 0.6 is 0 Å². The number of nitrogens with zero attached hydrogens (tertiary/aromatic N) is 2. The number of hydrogen-bond acceptors (Lipinski definition) is 5. The van der Waals surface area contributed by atoms with Crippen LogP contribution in [0.1, 0.15) is 28.3 Å². The molecular formula is C25H22N2O4. The summed E-state index contributed by atoms with van der Waals surface area (Å²) in [5.74, 6) is -0.687. The Bertz CT molecular complexity index is 1180. The molecule has 4 rings (SSSR count). The Hall–Kier alpha value is -3.93. The van der Waals surface area contributed by atoms with Crippen molar-refractivity contribution in [1.29, 1.82) is 0 Å². The molecule has 1 aliphatic rings. The molecule has 3 aromatic rings. The molecule has 1 amide bonds. The predicted octanol–water partition coefficient (Wildman–Crippen LogP) is 4.33. The molecule has 31 heavy (non-hydrogen) atoms. The number of methoxy groups -OCH3 is 1. The lowest BCUT2D eigenvalue weighted by Crippen LogP contribution is -2.30. The number of carbonyl (C=O) groups excluding carboxylic acids is 2. The van der Waals surface area contributed by atoms with E-state index in [0.717, 1.165) is 11.1 Å². The number of anilines is 1. The van der Waals surface area contributed by atoms with E-state index in [2.05, 4.69) is 4.98 Å². The third-order valence-electron chi connectivity index (χ3n) is 5.42. The van der Waals surface area contributed by atoms with E-state index in [-0.39, 0.29) is 11.3 Å². The monoisotopic (exact) mass is 414 g/mol. The van der Waals surface area contributed by atoms with Crippen molar-refractivity contribution >= 4 is 23.3 Å². The third-order valence-corrected chi connectivity index (χ3v) is 5.42. The van der Waals surface area contributed by atoms with Gasteiger partial charge in [-0.2, -0.15) is 0 Å². The number of ketones is 1. The molecule has 0 bridgehead atoms. The summed E-state index contributed by atoms with van der Waals surface area (Å²) in [6.45, 7) is 3.76. The van der Waals surface area contributed by atoms with E-state index in [1.165, 1.54) is 4.90 Å². The van der Waals surface area contributed by atoms with Gasteiger partial charge in [-0.25, -0.2) is 4.98 Å². The van der Waals surface area contributed by atoms with Crippen LogP contribution in [0.4, 0.5) is 5.82 Å². The van der Waals surface area contributed by atoms with Gasteiger partial charge >= 0.3 is 5.91 Å². The first kappa shape index (κ1) is 20.3. The highest BCUT2D eigenvalue weighted by atomic mass is 16.5. The number of amides is 1. The first-order valence-corrected chi connectivity index (χ1v) is 9.86. The van der Waals surface area contributed by atoms with Crippen molar-refractivity contribution in [1.82, 2.24) is 4.98 Å². The molecule has 0 spiro atoms. The number of rotatable bonds is 4. The van der Waals surface area contributed by atoms with Crippen LogP contribution in [0.25, 0.3) is 5.76 Å². The molecule has 2 aromatic carbocycles. The molecule has 2 heterocycles. The highest BCUT2D eigenvalue weighted by molar-refractivity contribution is 6.51. The summed E-state index contributed by atoms with van der Waals surface area (Å²) in [5.41, 5.74) is 2.97. The van der Waals surface area contributed by atoms with Gasteiger partial charge in [-0.3, -0.25) is 14.5 Å². The summed E-state index contributed by atoms with van der Waals surface area (Å²) in [6, 6.07) is 17.0. The van der Waals surface area contributed by atoms with Crippen LogP contribution in [0.3, 0.4) is 0 Å². The van der Waals surface area contributed by atoms with Crippen LogP contribution in [0.15, 0.2) is 72.4 Å². The molecule has 156 valence electrons. The highest BCUT2D eigenvalue weighted by Gasteiger charge is 2.47. The Balaban J connectivity index is 1.96. The molecule has 1 atom stereocenters. The highest BCUT2D eigenvalue weighted by Crippen LogP contribution is 2.42. The summed E-state index contributed by atoms with van der Waals surface area (Å²) < 4.78 is 5.24. The van der Waals surface area contributed by atoms with Gasteiger partial charge in [0.25, 0.3) is 5.78 Å². The van der Waals surface area contributed by atoms with E-state index in [0.29, 0.717) is 22.7 Å². The fourth-order valence-electron chi connectivity index (χ4n) is 3.80. The third kappa shape index (κ3) is 3.57. The number of pyridine rings is 1. The standard InChI is InChI=1S/C25H22N2O4/c1-15-7-8-16(2)19(14-15)23(28)21-22(17-9-11-18(31-3)12-10-17)27(25(30)24(21)29)20-6-4-5-13-26-20/h4-14,22,28H,1-3H3. The summed E-state index contributed by atoms with van der Waals surface area (Å²) in [7, 11) is 1.56. The molecule has 0 radical (unpaired) electrons.